The summed E-state index contributed by atoms with van der Waals surface area (Å²) in [6.45, 7) is 0. The van der Waals surface area contributed by atoms with Gasteiger partial charge in [0.1, 0.15) is 0 Å². The topological polar surface area (TPSA) is 37.3 Å². The Bertz CT molecular complexity index is 798. The van der Waals surface area contributed by atoms with Crippen LogP contribution in [-0.2, 0) is 11.2 Å². The minimum absolute atomic E-state index is 0. The van der Waals surface area contributed by atoms with Gasteiger partial charge in [-0.1, -0.05) is 84.9 Å². The van der Waals surface area contributed by atoms with E-state index >= 15 is 0 Å². The molecule has 1 N–H and O–H groups in total. The second-order valence-corrected chi connectivity index (χ2v) is 8.50. The van der Waals surface area contributed by atoms with E-state index in [1.165, 1.54) is 21.5 Å². The van der Waals surface area contributed by atoms with Gasteiger partial charge in [0.05, 0.1) is 0 Å². The molecule has 0 aliphatic rings. The summed E-state index contributed by atoms with van der Waals surface area (Å²) in [7, 11) is -0.585. The highest BCUT2D eigenvalue weighted by molar-refractivity contribution is 8.93. The summed E-state index contributed by atoms with van der Waals surface area (Å²) in [5.41, 5.74) is 1.28. The van der Waals surface area contributed by atoms with Gasteiger partial charge in [0.25, 0.3) is 0 Å². The van der Waals surface area contributed by atoms with Crippen LogP contribution in [0.4, 0.5) is 0 Å². The average molecular weight is 443 g/mol. The maximum atomic E-state index is 10.7. The molecule has 0 unspecified atom stereocenters. The Morgan fingerprint density at radius 3 is 1.85 bits per heavy atom. The predicted octanol–water partition coefficient (Wildman–Crippen LogP) is 4.82. The van der Waals surface area contributed by atoms with Crippen LogP contribution < -0.4 is 15.9 Å². The standard InChI is InChI=1S/C23H23O2P.BrH/c24-23(25)17-8-7-10-19-11-9-16-22(18-19)26(20-12-3-1-4-13-20)21-14-5-2-6-15-21;/h1-6,9,11-16,18H,7-8,10,17H2,(H,24,25);1H. The van der Waals surface area contributed by atoms with Crippen molar-refractivity contribution >= 4 is 46.8 Å². The lowest BCUT2D eigenvalue weighted by Gasteiger charge is -2.20. The Morgan fingerprint density at radius 1 is 0.741 bits per heavy atom. The zero-order valence-electron chi connectivity index (χ0n) is 15.1. The molecule has 0 heterocycles. The second-order valence-electron chi connectivity index (χ2n) is 6.28. The van der Waals surface area contributed by atoms with Crippen molar-refractivity contribution in [3.8, 4) is 0 Å². The monoisotopic (exact) mass is 442 g/mol. The number of benzene rings is 3. The highest BCUT2D eigenvalue weighted by Gasteiger charge is 2.16. The van der Waals surface area contributed by atoms with E-state index in [0.717, 1.165) is 19.3 Å². The first-order valence-corrected chi connectivity index (χ1v) is 10.3. The van der Waals surface area contributed by atoms with Crippen molar-refractivity contribution in [1.29, 1.82) is 0 Å². The third-order valence-electron chi connectivity index (χ3n) is 4.30. The van der Waals surface area contributed by atoms with Crippen LogP contribution in [0.2, 0.25) is 0 Å². The van der Waals surface area contributed by atoms with Crippen LogP contribution in [0.5, 0.6) is 0 Å². The predicted molar refractivity (Wildman–Crippen MR) is 121 cm³/mol. The first-order chi connectivity index (χ1) is 12.7. The summed E-state index contributed by atoms with van der Waals surface area (Å²) in [4.78, 5) is 10.7. The zero-order chi connectivity index (χ0) is 18.2. The average Bonchev–Trinajstić information content (AvgIpc) is 2.67. The molecule has 0 bridgehead atoms. The minimum atomic E-state index is -0.713. The summed E-state index contributed by atoms with van der Waals surface area (Å²) in [6, 6.07) is 30.1. The van der Waals surface area contributed by atoms with E-state index < -0.39 is 13.9 Å². The van der Waals surface area contributed by atoms with E-state index in [0.29, 0.717) is 0 Å². The zero-order valence-corrected chi connectivity index (χ0v) is 17.7. The molecule has 0 spiro atoms. The van der Waals surface area contributed by atoms with Crippen LogP contribution in [0.25, 0.3) is 0 Å². The maximum Gasteiger partial charge on any atom is 0.303 e. The van der Waals surface area contributed by atoms with Crippen molar-refractivity contribution in [3.05, 3.63) is 90.5 Å². The molecule has 3 aromatic carbocycles. The minimum Gasteiger partial charge on any atom is -0.481 e. The smallest absolute Gasteiger partial charge is 0.303 e. The summed E-state index contributed by atoms with van der Waals surface area (Å²) >= 11 is 0. The summed E-state index contributed by atoms with van der Waals surface area (Å²) in [5, 5.41) is 12.8. The van der Waals surface area contributed by atoms with Crippen molar-refractivity contribution in [3.63, 3.8) is 0 Å². The molecule has 3 aromatic rings. The van der Waals surface area contributed by atoms with Crippen LogP contribution in [-0.4, -0.2) is 11.1 Å². The lowest BCUT2D eigenvalue weighted by atomic mass is 10.1. The van der Waals surface area contributed by atoms with Crippen LogP contribution in [0, 0.1) is 0 Å². The first kappa shape index (κ1) is 21.3. The molecule has 0 aliphatic carbocycles. The summed E-state index contributed by atoms with van der Waals surface area (Å²) < 4.78 is 0. The van der Waals surface area contributed by atoms with Crippen molar-refractivity contribution in [2.24, 2.45) is 0 Å². The number of aliphatic carboxylic acids is 1. The number of rotatable bonds is 8. The van der Waals surface area contributed by atoms with Gasteiger partial charge in [-0.25, -0.2) is 0 Å². The highest BCUT2D eigenvalue weighted by atomic mass is 79.9. The molecular formula is C23H24BrO2P. The molecule has 0 aliphatic heterocycles. The van der Waals surface area contributed by atoms with E-state index in [4.69, 9.17) is 5.11 Å². The molecule has 140 valence electrons. The fourth-order valence-electron chi connectivity index (χ4n) is 3.06. The fourth-order valence-corrected chi connectivity index (χ4v) is 5.42. The van der Waals surface area contributed by atoms with Crippen LogP contribution in [0.15, 0.2) is 84.9 Å². The maximum absolute atomic E-state index is 10.7. The normalized spacial score (nSPS) is 10.4. The van der Waals surface area contributed by atoms with Crippen molar-refractivity contribution in [2.75, 3.05) is 0 Å². The van der Waals surface area contributed by atoms with Crippen molar-refractivity contribution in [1.82, 2.24) is 0 Å². The van der Waals surface area contributed by atoms with Crippen LogP contribution in [0.3, 0.4) is 0 Å². The molecule has 0 saturated carbocycles. The quantitative estimate of drug-likeness (QED) is 0.401. The lowest BCUT2D eigenvalue weighted by Crippen LogP contribution is -2.20. The number of halogens is 1. The first-order valence-electron chi connectivity index (χ1n) is 8.95. The molecule has 3 rings (SSSR count). The Kier molecular flexibility index (Phi) is 8.71. The van der Waals surface area contributed by atoms with E-state index in [9.17, 15) is 4.79 Å². The number of carboxylic acid groups (broad SMARTS) is 1. The molecule has 2 nitrogen and oxygen atoms in total. The van der Waals surface area contributed by atoms with E-state index in [1.54, 1.807) is 0 Å². The number of hydrogen-bond donors (Lipinski definition) is 1. The Balaban J connectivity index is 0.00000261. The molecule has 0 atom stereocenters. The molecular weight excluding hydrogens is 419 g/mol. The van der Waals surface area contributed by atoms with Crippen molar-refractivity contribution in [2.45, 2.75) is 25.7 Å². The fraction of sp³-hybridized carbons (Fsp3) is 0.174. The second kappa shape index (κ2) is 11.0. The molecule has 4 heteroatoms. The Hall–Kier alpha value is -1.96. The van der Waals surface area contributed by atoms with E-state index in [-0.39, 0.29) is 23.4 Å². The largest absolute Gasteiger partial charge is 0.481 e. The highest BCUT2D eigenvalue weighted by Crippen LogP contribution is 2.32. The van der Waals surface area contributed by atoms with E-state index in [1.807, 2.05) is 0 Å². The van der Waals surface area contributed by atoms with Gasteiger partial charge in [0.2, 0.25) is 0 Å². The molecule has 0 radical (unpaired) electrons. The Labute approximate surface area is 172 Å². The summed E-state index contributed by atoms with van der Waals surface area (Å²) in [6.07, 6.45) is 2.81. The van der Waals surface area contributed by atoms with Gasteiger partial charge < -0.3 is 5.11 Å². The third-order valence-corrected chi connectivity index (χ3v) is 6.73. The van der Waals surface area contributed by atoms with Gasteiger partial charge in [0.15, 0.2) is 0 Å². The number of unbranched alkanes of at least 4 members (excludes halogenated alkanes) is 1. The number of hydrogen-bond acceptors (Lipinski definition) is 1. The van der Waals surface area contributed by atoms with Gasteiger partial charge in [-0.05, 0) is 48.7 Å². The van der Waals surface area contributed by atoms with Gasteiger partial charge in [-0.2, -0.15) is 0 Å². The molecule has 27 heavy (non-hydrogen) atoms. The SMILES string of the molecule is Br.O=C(O)CCCCc1cccc(P(c2ccccc2)c2ccccc2)c1. The van der Waals surface area contributed by atoms with Crippen LogP contribution >= 0.6 is 24.9 Å². The van der Waals surface area contributed by atoms with Gasteiger partial charge in [0, 0.05) is 6.42 Å². The molecule has 0 amide bonds. The number of carboxylic acids is 1. The molecule has 0 aromatic heterocycles. The van der Waals surface area contributed by atoms with Gasteiger partial charge >= 0.3 is 5.97 Å². The Morgan fingerprint density at radius 2 is 1.30 bits per heavy atom. The van der Waals surface area contributed by atoms with Gasteiger partial charge in [-0.15, -0.1) is 17.0 Å². The van der Waals surface area contributed by atoms with Crippen LogP contribution in [0.1, 0.15) is 24.8 Å². The molecule has 0 saturated heterocycles. The number of aryl methyl sites for hydroxylation is 1. The van der Waals surface area contributed by atoms with E-state index in [2.05, 4.69) is 84.9 Å². The lowest BCUT2D eigenvalue weighted by molar-refractivity contribution is -0.137. The molecule has 0 fully saturated rings. The summed E-state index contributed by atoms with van der Waals surface area (Å²) in [5.74, 6) is -0.713. The van der Waals surface area contributed by atoms with Crippen molar-refractivity contribution < 1.29 is 9.90 Å². The van der Waals surface area contributed by atoms with Gasteiger partial charge in [-0.3, -0.25) is 4.79 Å². The third kappa shape index (κ3) is 6.30. The number of carbonyl (C=O) groups is 1.